The van der Waals surface area contributed by atoms with Crippen LogP contribution in [0.15, 0.2) is 66.7 Å². The molecule has 1 heterocycles. The van der Waals surface area contributed by atoms with E-state index in [0.717, 1.165) is 0 Å². The lowest BCUT2D eigenvalue weighted by molar-refractivity contribution is 0.0473. The highest BCUT2D eigenvalue weighted by Crippen LogP contribution is 2.40. The van der Waals surface area contributed by atoms with E-state index in [1.165, 1.54) is 19.2 Å². The van der Waals surface area contributed by atoms with Gasteiger partial charge in [0.1, 0.15) is 13.2 Å². The molecule has 1 aliphatic heterocycles. The first-order valence-corrected chi connectivity index (χ1v) is 10.2. The van der Waals surface area contributed by atoms with Crippen LogP contribution >= 0.6 is 0 Å². The van der Waals surface area contributed by atoms with Crippen LogP contribution in [0.4, 0.5) is 5.69 Å². The van der Waals surface area contributed by atoms with Gasteiger partial charge in [0.05, 0.1) is 12.7 Å². The number of Topliss-reactive ketones (excluding diaryl/α,β-unsaturated/α-hetero) is 1. The zero-order valence-corrected chi connectivity index (χ0v) is 17.8. The molecule has 33 heavy (non-hydrogen) atoms. The Morgan fingerprint density at radius 1 is 0.879 bits per heavy atom. The average Bonchev–Trinajstić information content (AvgIpc) is 2.87. The Morgan fingerprint density at radius 2 is 1.61 bits per heavy atom. The fraction of sp³-hybridized carbons (Fsp3) is 0.160. The van der Waals surface area contributed by atoms with Gasteiger partial charge in [0.2, 0.25) is 5.75 Å². The van der Waals surface area contributed by atoms with Gasteiger partial charge < -0.3 is 24.3 Å². The molecule has 0 unspecified atom stereocenters. The summed E-state index contributed by atoms with van der Waals surface area (Å²) < 4.78 is 21.5. The highest BCUT2D eigenvalue weighted by atomic mass is 16.6. The summed E-state index contributed by atoms with van der Waals surface area (Å²) in [7, 11) is 1.46. The van der Waals surface area contributed by atoms with Crippen molar-refractivity contribution in [3.8, 4) is 17.2 Å². The van der Waals surface area contributed by atoms with Crippen molar-refractivity contribution >= 4 is 23.3 Å². The van der Waals surface area contributed by atoms with Gasteiger partial charge in [0.15, 0.2) is 23.9 Å². The minimum atomic E-state index is -0.689. The third kappa shape index (κ3) is 5.12. The van der Waals surface area contributed by atoms with Gasteiger partial charge in [-0.2, -0.15) is 0 Å². The molecule has 0 aliphatic carbocycles. The molecule has 168 valence electrons. The molecule has 4 rings (SSSR count). The molecule has 0 atom stereocenters. The highest BCUT2D eigenvalue weighted by Gasteiger charge is 2.22. The van der Waals surface area contributed by atoms with Crippen LogP contribution in [-0.4, -0.2) is 44.6 Å². The van der Waals surface area contributed by atoms with E-state index in [4.69, 9.17) is 18.9 Å². The van der Waals surface area contributed by atoms with Crippen LogP contribution in [0.3, 0.4) is 0 Å². The van der Waals surface area contributed by atoms with E-state index in [2.05, 4.69) is 5.32 Å². The minimum absolute atomic E-state index is 0.183. The Hall–Kier alpha value is -4.33. The van der Waals surface area contributed by atoms with Crippen LogP contribution in [0.1, 0.15) is 31.1 Å². The van der Waals surface area contributed by atoms with Gasteiger partial charge in [-0.05, 0) is 48.5 Å². The maximum Gasteiger partial charge on any atom is 0.338 e. The zero-order chi connectivity index (χ0) is 23.2. The molecule has 8 heteroatoms. The molecule has 1 amide bonds. The van der Waals surface area contributed by atoms with Gasteiger partial charge in [-0.1, -0.05) is 18.2 Å². The first-order valence-electron chi connectivity index (χ1n) is 10.2. The standard InChI is InChI=1S/C25H21NO7/c1-30-21-13-18(14-22-23(21)32-12-11-31-22)25(29)33-15-20(27)16-7-9-19(10-8-16)26-24(28)17-5-3-2-4-6-17/h2-10,13-14H,11-12,15H2,1H3,(H,26,28). The summed E-state index contributed by atoms with van der Waals surface area (Å²) in [5.74, 6) is -0.168. The van der Waals surface area contributed by atoms with Gasteiger partial charge >= 0.3 is 5.97 Å². The summed E-state index contributed by atoms with van der Waals surface area (Å²) in [5, 5.41) is 2.76. The number of ether oxygens (including phenoxy) is 4. The zero-order valence-electron chi connectivity index (χ0n) is 17.8. The molecule has 0 radical (unpaired) electrons. The topological polar surface area (TPSA) is 100 Å². The number of benzene rings is 3. The van der Waals surface area contributed by atoms with Crippen molar-refractivity contribution in [1.82, 2.24) is 0 Å². The number of rotatable bonds is 7. The third-order valence-corrected chi connectivity index (χ3v) is 4.90. The maximum atomic E-state index is 12.5. The van der Waals surface area contributed by atoms with Crippen molar-refractivity contribution in [2.45, 2.75) is 0 Å². The molecule has 0 aromatic heterocycles. The van der Waals surface area contributed by atoms with Gasteiger partial charge in [-0.15, -0.1) is 0 Å². The van der Waals surface area contributed by atoms with Gasteiger partial charge in [-0.25, -0.2) is 4.79 Å². The molecule has 3 aromatic rings. The van der Waals surface area contributed by atoms with Gasteiger partial charge in [-0.3, -0.25) is 9.59 Å². The first kappa shape index (κ1) is 21.9. The number of nitrogens with one attached hydrogen (secondary N) is 1. The Labute approximate surface area is 190 Å². The van der Waals surface area contributed by atoms with Crippen LogP contribution in [0.5, 0.6) is 17.2 Å². The predicted octanol–water partition coefficient (Wildman–Crippen LogP) is 3.76. The second kappa shape index (κ2) is 9.86. The summed E-state index contributed by atoms with van der Waals surface area (Å²) in [6, 6.07) is 18.1. The van der Waals surface area contributed by atoms with Crippen LogP contribution in [0, 0.1) is 0 Å². The van der Waals surface area contributed by atoms with Crippen molar-refractivity contribution in [3.63, 3.8) is 0 Å². The molecule has 0 saturated heterocycles. The fourth-order valence-electron chi connectivity index (χ4n) is 3.22. The minimum Gasteiger partial charge on any atom is -0.493 e. The number of anilines is 1. The Morgan fingerprint density at radius 3 is 2.33 bits per heavy atom. The SMILES string of the molecule is COc1cc(C(=O)OCC(=O)c2ccc(NC(=O)c3ccccc3)cc2)cc2c1OCCO2. The van der Waals surface area contributed by atoms with E-state index >= 15 is 0 Å². The van der Waals surface area contributed by atoms with Crippen molar-refractivity contribution in [2.24, 2.45) is 0 Å². The molecular formula is C25H21NO7. The van der Waals surface area contributed by atoms with Crippen LogP contribution < -0.4 is 19.5 Å². The summed E-state index contributed by atoms with van der Waals surface area (Å²) in [4.78, 5) is 37.1. The van der Waals surface area contributed by atoms with E-state index in [1.807, 2.05) is 6.07 Å². The summed E-state index contributed by atoms with van der Waals surface area (Å²) in [5.41, 5.74) is 1.60. The molecule has 0 saturated carbocycles. The molecule has 0 fully saturated rings. The number of ketones is 1. The largest absolute Gasteiger partial charge is 0.493 e. The molecule has 0 bridgehead atoms. The monoisotopic (exact) mass is 447 g/mol. The second-order valence-electron chi connectivity index (χ2n) is 7.10. The number of carbonyl (C=O) groups is 3. The quantitative estimate of drug-likeness (QED) is 0.435. The van der Waals surface area contributed by atoms with Crippen molar-refractivity contribution in [3.05, 3.63) is 83.4 Å². The van der Waals surface area contributed by atoms with E-state index in [0.29, 0.717) is 47.3 Å². The number of hydrogen-bond acceptors (Lipinski definition) is 7. The Balaban J connectivity index is 1.36. The van der Waals surface area contributed by atoms with Crippen LogP contribution in [-0.2, 0) is 4.74 Å². The second-order valence-corrected chi connectivity index (χ2v) is 7.10. The summed E-state index contributed by atoms with van der Waals surface area (Å²) in [6.07, 6.45) is 0. The summed E-state index contributed by atoms with van der Waals surface area (Å²) >= 11 is 0. The molecule has 3 aromatic carbocycles. The molecule has 1 aliphatic rings. The van der Waals surface area contributed by atoms with Crippen molar-refractivity contribution < 1.29 is 33.3 Å². The lowest BCUT2D eigenvalue weighted by Crippen LogP contribution is -2.18. The number of esters is 1. The highest BCUT2D eigenvalue weighted by molar-refractivity contribution is 6.05. The molecule has 8 nitrogen and oxygen atoms in total. The molecular weight excluding hydrogens is 426 g/mol. The molecule has 1 N–H and O–H groups in total. The van der Waals surface area contributed by atoms with Gasteiger partial charge in [0.25, 0.3) is 5.91 Å². The molecule has 0 spiro atoms. The van der Waals surface area contributed by atoms with Gasteiger partial charge in [0, 0.05) is 16.8 Å². The van der Waals surface area contributed by atoms with Crippen LogP contribution in [0.25, 0.3) is 0 Å². The number of hydrogen-bond donors (Lipinski definition) is 1. The third-order valence-electron chi connectivity index (χ3n) is 4.90. The predicted molar refractivity (Wildman–Crippen MR) is 119 cm³/mol. The maximum absolute atomic E-state index is 12.5. The van der Waals surface area contributed by atoms with Crippen molar-refractivity contribution in [2.75, 3.05) is 32.2 Å². The van der Waals surface area contributed by atoms with E-state index in [-0.39, 0.29) is 17.3 Å². The number of fused-ring (bicyclic) bond motifs is 1. The summed E-state index contributed by atoms with van der Waals surface area (Å²) in [6.45, 7) is 0.302. The lowest BCUT2D eigenvalue weighted by atomic mass is 10.1. The van der Waals surface area contributed by atoms with Crippen LogP contribution in [0.2, 0.25) is 0 Å². The Kier molecular flexibility index (Phi) is 6.54. The smallest absolute Gasteiger partial charge is 0.338 e. The van der Waals surface area contributed by atoms with E-state index < -0.39 is 12.6 Å². The normalized spacial score (nSPS) is 11.9. The van der Waals surface area contributed by atoms with Crippen molar-refractivity contribution in [1.29, 1.82) is 0 Å². The van der Waals surface area contributed by atoms with E-state index in [9.17, 15) is 14.4 Å². The first-order chi connectivity index (χ1) is 16.0. The number of carbonyl (C=O) groups excluding carboxylic acids is 3. The Bertz CT molecular complexity index is 1160. The fourth-order valence-corrected chi connectivity index (χ4v) is 3.22. The number of methoxy groups -OCH3 is 1. The lowest BCUT2D eigenvalue weighted by Gasteiger charge is -2.21. The number of amides is 1. The average molecular weight is 447 g/mol. The van der Waals surface area contributed by atoms with E-state index in [1.54, 1.807) is 48.5 Å².